The van der Waals surface area contributed by atoms with Crippen LogP contribution in [0.4, 0.5) is 13.2 Å². The molecule has 0 spiro atoms. The number of amides is 1. The zero-order valence-corrected chi connectivity index (χ0v) is 14.2. The van der Waals surface area contributed by atoms with Crippen LogP contribution in [0.15, 0.2) is 29.6 Å². The Morgan fingerprint density at radius 3 is 2.92 bits per heavy atom. The average Bonchev–Trinajstić information content (AvgIpc) is 3.02. The lowest BCUT2D eigenvalue weighted by molar-refractivity contribution is -0.137. The molecule has 4 nitrogen and oxygen atoms in total. The molecule has 1 unspecified atom stereocenters. The van der Waals surface area contributed by atoms with E-state index in [-0.39, 0.29) is 18.4 Å². The lowest BCUT2D eigenvalue weighted by Gasteiger charge is -2.30. The van der Waals surface area contributed by atoms with E-state index in [1.54, 1.807) is 16.3 Å². The minimum absolute atomic E-state index is 0.0130. The first-order valence-corrected chi connectivity index (χ1v) is 8.86. The first kappa shape index (κ1) is 17.9. The largest absolute Gasteiger partial charge is 0.416 e. The van der Waals surface area contributed by atoms with Gasteiger partial charge in [-0.3, -0.25) is 4.79 Å². The van der Waals surface area contributed by atoms with E-state index in [4.69, 9.17) is 5.73 Å². The van der Waals surface area contributed by atoms with Gasteiger partial charge in [0.05, 0.1) is 10.6 Å². The maximum atomic E-state index is 12.8. The molecule has 1 atom stereocenters. The van der Waals surface area contributed by atoms with Crippen LogP contribution >= 0.6 is 11.3 Å². The third-order valence-electron chi connectivity index (χ3n) is 4.13. The van der Waals surface area contributed by atoms with Crippen molar-refractivity contribution < 1.29 is 18.0 Å². The topological polar surface area (TPSA) is 59.2 Å². The van der Waals surface area contributed by atoms with E-state index in [1.807, 2.05) is 0 Å². The molecule has 134 valence electrons. The van der Waals surface area contributed by atoms with E-state index in [9.17, 15) is 18.0 Å². The molecule has 1 aliphatic rings. The van der Waals surface area contributed by atoms with Crippen molar-refractivity contribution in [2.24, 2.45) is 5.73 Å². The molecular weight excluding hydrogens is 351 g/mol. The molecule has 0 bridgehead atoms. The monoisotopic (exact) mass is 369 g/mol. The molecular formula is C17H18F3N3OS. The number of piperidine rings is 1. The molecule has 0 saturated carbocycles. The van der Waals surface area contributed by atoms with Gasteiger partial charge in [-0.05, 0) is 24.5 Å². The fourth-order valence-corrected chi connectivity index (χ4v) is 3.68. The Labute approximate surface area is 147 Å². The average molecular weight is 369 g/mol. The van der Waals surface area contributed by atoms with E-state index < -0.39 is 11.7 Å². The minimum atomic E-state index is -4.37. The molecule has 1 aromatic heterocycles. The van der Waals surface area contributed by atoms with Gasteiger partial charge in [-0.25, -0.2) is 4.98 Å². The summed E-state index contributed by atoms with van der Waals surface area (Å²) in [4.78, 5) is 18.5. The predicted molar refractivity (Wildman–Crippen MR) is 89.5 cm³/mol. The second-order valence-corrected chi connectivity index (χ2v) is 7.10. The Hall–Kier alpha value is -1.93. The summed E-state index contributed by atoms with van der Waals surface area (Å²) < 4.78 is 38.3. The molecule has 1 saturated heterocycles. The van der Waals surface area contributed by atoms with E-state index in [0.29, 0.717) is 29.4 Å². The smallest absolute Gasteiger partial charge is 0.336 e. The molecule has 2 aromatic rings. The van der Waals surface area contributed by atoms with Crippen molar-refractivity contribution in [3.63, 3.8) is 0 Å². The highest BCUT2D eigenvalue weighted by Gasteiger charge is 2.30. The summed E-state index contributed by atoms with van der Waals surface area (Å²) in [5, 5.41) is 2.27. The van der Waals surface area contributed by atoms with Crippen LogP contribution in [0.3, 0.4) is 0 Å². The second kappa shape index (κ2) is 7.13. The number of nitrogens with two attached hydrogens (primary N) is 1. The summed E-state index contributed by atoms with van der Waals surface area (Å²) in [5.41, 5.74) is 6.06. The van der Waals surface area contributed by atoms with Crippen LogP contribution in [0.2, 0.25) is 0 Å². The van der Waals surface area contributed by atoms with E-state index >= 15 is 0 Å². The number of rotatable bonds is 3. The van der Waals surface area contributed by atoms with Crippen molar-refractivity contribution in [3.05, 3.63) is 51.5 Å². The number of alkyl halides is 3. The van der Waals surface area contributed by atoms with Gasteiger partial charge in [0, 0.05) is 30.9 Å². The Morgan fingerprint density at radius 1 is 1.40 bits per heavy atom. The highest BCUT2D eigenvalue weighted by atomic mass is 32.1. The Balaban J connectivity index is 1.71. The number of carbonyl (C=O) groups excluding carboxylic acids is 1. The maximum Gasteiger partial charge on any atom is 0.416 e. The molecule has 1 amide bonds. The lowest BCUT2D eigenvalue weighted by atomic mass is 10.1. The van der Waals surface area contributed by atoms with Gasteiger partial charge in [0.2, 0.25) is 0 Å². The first-order valence-electron chi connectivity index (χ1n) is 7.98. The third kappa shape index (κ3) is 4.38. The molecule has 0 aliphatic carbocycles. The standard InChI is InChI=1S/C17H18F3N3OS/c18-17(19,20)12-4-1-3-11(7-12)8-15-22-14(10-25-15)16(24)23-6-2-5-13(21)9-23/h1,3-4,7,10,13H,2,5-6,8-9,21H2. The van der Waals surface area contributed by atoms with Gasteiger partial charge in [0.1, 0.15) is 5.69 Å². The quantitative estimate of drug-likeness (QED) is 0.903. The van der Waals surface area contributed by atoms with Gasteiger partial charge in [0.25, 0.3) is 5.91 Å². The van der Waals surface area contributed by atoms with Crippen molar-refractivity contribution >= 4 is 17.2 Å². The number of thiazole rings is 1. The molecule has 1 aliphatic heterocycles. The highest BCUT2D eigenvalue weighted by Crippen LogP contribution is 2.30. The lowest BCUT2D eigenvalue weighted by Crippen LogP contribution is -2.45. The number of aromatic nitrogens is 1. The number of hydrogen-bond acceptors (Lipinski definition) is 4. The van der Waals surface area contributed by atoms with Gasteiger partial charge >= 0.3 is 6.18 Å². The predicted octanol–water partition coefficient (Wildman–Crippen LogP) is 3.32. The number of carbonyl (C=O) groups is 1. The Morgan fingerprint density at radius 2 is 2.20 bits per heavy atom. The molecule has 3 rings (SSSR count). The fourth-order valence-electron chi connectivity index (χ4n) is 2.88. The summed E-state index contributed by atoms with van der Waals surface area (Å²) in [6.45, 7) is 1.17. The van der Waals surface area contributed by atoms with Crippen molar-refractivity contribution in [3.8, 4) is 0 Å². The van der Waals surface area contributed by atoms with E-state index in [1.165, 1.54) is 17.4 Å². The van der Waals surface area contributed by atoms with Crippen molar-refractivity contribution in [2.45, 2.75) is 31.5 Å². The Bertz CT molecular complexity index is 760. The number of benzene rings is 1. The number of halogens is 3. The first-order chi connectivity index (χ1) is 11.8. The van der Waals surface area contributed by atoms with Gasteiger partial charge in [0.15, 0.2) is 0 Å². The fraction of sp³-hybridized carbons (Fsp3) is 0.412. The Kier molecular flexibility index (Phi) is 5.10. The van der Waals surface area contributed by atoms with Gasteiger partial charge in [-0.15, -0.1) is 11.3 Å². The number of likely N-dealkylation sites (tertiary alicyclic amines) is 1. The maximum absolute atomic E-state index is 12.8. The summed E-state index contributed by atoms with van der Waals surface area (Å²) in [7, 11) is 0. The zero-order valence-electron chi connectivity index (χ0n) is 13.4. The van der Waals surface area contributed by atoms with Gasteiger partial charge in [-0.2, -0.15) is 13.2 Å². The summed E-state index contributed by atoms with van der Waals surface area (Å²) in [6.07, 6.45) is -2.33. The second-order valence-electron chi connectivity index (χ2n) is 6.15. The van der Waals surface area contributed by atoms with Crippen LogP contribution in [0.25, 0.3) is 0 Å². The normalized spacial score (nSPS) is 18.4. The SMILES string of the molecule is NC1CCCN(C(=O)c2csc(Cc3cccc(C(F)(F)F)c3)n2)C1. The van der Waals surface area contributed by atoms with Crippen molar-refractivity contribution in [1.82, 2.24) is 9.88 Å². The third-order valence-corrected chi connectivity index (χ3v) is 4.97. The van der Waals surface area contributed by atoms with E-state index in [2.05, 4.69) is 4.98 Å². The molecule has 0 radical (unpaired) electrons. The number of hydrogen-bond donors (Lipinski definition) is 1. The summed E-state index contributed by atoms with van der Waals surface area (Å²) in [5.74, 6) is -0.165. The van der Waals surface area contributed by atoms with Crippen molar-refractivity contribution in [2.75, 3.05) is 13.1 Å². The number of nitrogens with zero attached hydrogens (tertiary/aromatic N) is 2. The van der Waals surface area contributed by atoms with Crippen LogP contribution in [0.1, 0.15) is 39.5 Å². The summed E-state index contributed by atoms with van der Waals surface area (Å²) in [6, 6.07) is 5.15. The summed E-state index contributed by atoms with van der Waals surface area (Å²) >= 11 is 1.28. The van der Waals surface area contributed by atoms with Gasteiger partial charge in [-0.1, -0.05) is 18.2 Å². The molecule has 1 aromatic carbocycles. The minimum Gasteiger partial charge on any atom is -0.336 e. The zero-order chi connectivity index (χ0) is 18.0. The molecule has 8 heteroatoms. The van der Waals surface area contributed by atoms with Gasteiger partial charge < -0.3 is 10.6 Å². The molecule has 25 heavy (non-hydrogen) atoms. The van der Waals surface area contributed by atoms with Crippen molar-refractivity contribution in [1.29, 1.82) is 0 Å². The van der Waals surface area contributed by atoms with Crippen LogP contribution in [0, 0.1) is 0 Å². The highest BCUT2D eigenvalue weighted by molar-refractivity contribution is 7.09. The molecule has 2 N–H and O–H groups in total. The van der Waals surface area contributed by atoms with Crippen LogP contribution in [-0.4, -0.2) is 34.9 Å². The van der Waals surface area contributed by atoms with Crippen LogP contribution < -0.4 is 5.73 Å². The molecule has 2 heterocycles. The molecule has 1 fully saturated rings. The van der Waals surface area contributed by atoms with Crippen LogP contribution in [0.5, 0.6) is 0 Å². The van der Waals surface area contributed by atoms with E-state index in [0.717, 1.165) is 25.0 Å². The van der Waals surface area contributed by atoms with Crippen LogP contribution in [-0.2, 0) is 12.6 Å².